The predicted molar refractivity (Wildman–Crippen MR) is 55.5 cm³/mol. The van der Waals surface area contributed by atoms with Gasteiger partial charge in [-0.2, -0.15) is 21.9 Å². The number of nitrogens with zero attached hydrogens (tertiary/aromatic N) is 2. The highest BCUT2D eigenvalue weighted by molar-refractivity contribution is 9.10. The van der Waals surface area contributed by atoms with Crippen molar-refractivity contribution in [1.82, 2.24) is 8.75 Å². The molecular weight excluding hydrogens is 292 g/mol. The molecular formula is C7HBBrF3N2S. The zero-order valence-corrected chi connectivity index (χ0v) is 9.37. The number of halogens is 4. The van der Waals surface area contributed by atoms with Crippen LogP contribution in [0, 0.1) is 0 Å². The molecule has 2 rings (SSSR count). The Balaban J connectivity index is 2.83. The molecule has 0 amide bonds. The number of aromatic nitrogens is 2. The Labute approximate surface area is 96.4 Å². The van der Waals surface area contributed by atoms with Gasteiger partial charge >= 0.3 is 6.18 Å². The molecule has 2 aromatic rings. The molecule has 2 radical (unpaired) electrons. The van der Waals surface area contributed by atoms with Gasteiger partial charge in [0, 0.05) is 0 Å². The second kappa shape index (κ2) is 3.45. The Bertz CT molecular complexity index is 525. The highest BCUT2D eigenvalue weighted by atomic mass is 79.9. The van der Waals surface area contributed by atoms with E-state index >= 15 is 0 Å². The molecule has 0 saturated carbocycles. The lowest BCUT2D eigenvalue weighted by Crippen LogP contribution is -2.13. The van der Waals surface area contributed by atoms with E-state index in [9.17, 15) is 13.2 Å². The van der Waals surface area contributed by atoms with E-state index in [1.165, 1.54) is 0 Å². The molecule has 0 aliphatic heterocycles. The fourth-order valence-electron chi connectivity index (χ4n) is 1.14. The number of hydrogen-bond donors (Lipinski definition) is 0. The lowest BCUT2D eigenvalue weighted by atomic mass is 9.92. The van der Waals surface area contributed by atoms with Crippen molar-refractivity contribution < 1.29 is 13.2 Å². The van der Waals surface area contributed by atoms with Crippen LogP contribution in [0.4, 0.5) is 13.2 Å². The van der Waals surface area contributed by atoms with Crippen LogP contribution in [0.15, 0.2) is 10.5 Å². The predicted octanol–water partition coefficient (Wildman–Crippen LogP) is 2.27. The van der Waals surface area contributed by atoms with E-state index in [0.29, 0.717) is 5.52 Å². The highest BCUT2D eigenvalue weighted by Gasteiger charge is 2.34. The number of rotatable bonds is 0. The SMILES string of the molecule is [B]c1cc(C(F)(F)F)c(Br)c2nsnc12. The Morgan fingerprint density at radius 1 is 1.27 bits per heavy atom. The fraction of sp³-hybridized carbons (Fsp3) is 0.143. The molecule has 8 heteroatoms. The normalized spacial score (nSPS) is 12.3. The van der Waals surface area contributed by atoms with Crippen molar-refractivity contribution in [2.24, 2.45) is 0 Å². The first-order valence-electron chi connectivity index (χ1n) is 3.68. The maximum absolute atomic E-state index is 12.5. The first-order valence-corrected chi connectivity index (χ1v) is 5.21. The summed E-state index contributed by atoms with van der Waals surface area (Å²) in [6, 6.07) is 0.855. The van der Waals surface area contributed by atoms with Gasteiger partial charge in [-0.15, -0.1) is 0 Å². The van der Waals surface area contributed by atoms with E-state index in [0.717, 1.165) is 17.8 Å². The molecule has 0 bridgehead atoms. The molecule has 1 aromatic carbocycles. The van der Waals surface area contributed by atoms with Crippen LogP contribution in [-0.2, 0) is 6.18 Å². The number of alkyl halides is 3. The van der Waals surface area contributed by atoms with Gasteiger partial charge in [-0.25, -0.2) is 0 Å². The summed E-state index contributed by atoms with van der Waals surface area (Å²) in [5.74, 6) is 0. The van der Waals surface area contributed by atoms with Crippen LogP contribution in [0.1, 0.15) is 5.56 Å². The van der Waals surface area contributed by atoms with E-state index in [2.05, 4.69) is 24.7 Å². The molecule has 0 aliphatic rings. The topological polar surface area (TPSA) is 25.8 Å². The van der Waals surface area contributed by atoms with Crippen LogP contribution >= 0.6 is 27.7 Å². The van der Waals surface area contributed by atoms with E-state index < -0.39 is 11.7 Å². The number of hydrogen-bond acceptors (Lipinski definition) is 3. The lowest BCUT2D eigenvalue weighted by Gasteiger charge is -2.10. The number of benzene rings is 1. The van der Waals surface area contributed by atoms with Crippen LogP contribution < -0.4 is 5.46 Å². The molecule has 0 unspecified atom stereocenters. The third-order valence-corrected chi connectivity index (χ3v) is 3.14. The van der Waals surface area contributed by atoms with Gasteiger partial charge in [-0.1, -0.05) is 11.5 Å². The summed E-state index contributed by atoms with van der Waals surface area (Å²) >= 11 is 3.68. The van der Waals surface area contributed by atoms with Gasteiger partial charge in [0.05, 0.1) is 27.3 Å². The Hall–Kier alpha value is -0.625. The Kier molecular flexibility index (Phi) is 2.50. The van der Waals surface area contributed by atoms with Gasteiger partial charge in [-0.05, 0) is 15.9 Å². The van der Waals surface area contributed by atoms with Gasteiger partial charge in [0.25, 0.3) is 0 Å². The van der Waals surface area contributed by atoms with Gasteiger partial charge in [0.15, 0.2) is 0 Å². The lowest BCUT2D eigenvalue weighted by molar-refractivity contribution is -0.138. The van der Waals surface area contributed by atoms with Crippen molar-refractivity contribution in [2.75, 3.05) is 0 Å². The largest absolute Gasteiger partial charge is 0.417 e. The first kappa shape index (κ1) is 10.9. The molecule has 0 atom stereocenters. The Morgan fingerprint density at radius 3 is 2.47 bits per heavy atom. The van der Waals surface area contributed by atoms with E-state index in [4.69, 9.17) is 7.85 Å². The van der Waals surface area contributed by atoms with Gasteiger partial charge in [-0.3, -0.25) is 0 Å². The molecule has 0 aliphatic carbocycles. The van der Waals surface area contributed by atoms with Crippen LogP contribution in [0.5, 0.6) is 0 Å². The number of fused-ring (bicyclic) bond motifs is 1. The van der Waals surface area contributed by atoms with Crippen LogP contribution in [0.25, 0.3) is 11.0 Å². The van der Waals surface area contributed by atoms with Crippen molar-refractivity contribution in [3.63, 3.8) is 0 Å². The molecule has 1 aromatic heterocycles. The zero-order valence-electron chi connectivity index (χ0n) is 6.97. The summed E-state index contributed by atoms with van der Waals surface area (Å²) in [5, 5.41) is 0. The van der Waals surface area contributed by atoms with E-state index in [1.807, 2.05) is 0 Å². The maximum Gasteiger partial charge on any atom is 0.417 e. The fourth-order valence-corrected chi connectivity index (χ4v) is 2.45. The highest BCUT2D eigenvalue weighted by Crippen LogP contribution is 2.37. The zero-order chi connectivity index (χ0) is 11.2. The van der Waals surface area contributed by atoms with Crippen molar-refractivity contribution in [3.8, 4) is 0 Å². The molecule has 76 valence electrons. The average Bonchev–Trinajstić information content (AvgIpc) is 2.58. The standard InChI is InChI=1S/C7HBBrF3N2S/c8-3-1-2(7(10,11)12)4(9)6-5(3)13-15-14-6/h1H. The van der Waals surface area contributed by atoms with Gasteiger partial charge in [0.1, 0.15) is 13.4 Å². The van der Waals surface area contributed by atoms with Gasteiger partial charge < -0.3 is 0 Å². The average molecular weight is 293 g/mol. The third-order valence-electron chi connectivity index (χ3n) is 1.81. The molecule has 0 spiro atoms. The van der Waals surface area contributed by atoms with Gasteiger partial charge in [0.2, 0.25) is 0 Å². The minimum atomic E-state index is -4.45. The van der Waals surface area contributed by atoms with Crippen LogP contribution in [0.3, 0.4) is 0 Å². The van der Waals surface area contributed by atoms with E-state index in [-0.39, 0.29) is 15.5 Å². The quantitative estimate of drug-likeness (QED) is 0.696. The Morgan fingerprint density at radius 2 is 1.87 bits per heavy atom. The molecule has 0 N–H and O–H groups in total. The summed E-state index contributed by atoms with van der Waals surface area (Å²) < 4.78 is 45.0. The first-order chi connectivity index (χ1) is 6.91. The summed E-state index contributed by atoms with van der Waals surface area (Å²) in [6.07, 6.45) is -4.45. The second-order valence-electron chi connectivity index (χ2n) is 2.79. The summed E-state index contributed by atoms with van der Waals surface area (Å²) in [7, 11) is 5.45. The van der Waals surface area contributed by atoms with E-state index in [1.54, 1.807) is 0 Å². The molecule has 2 nitrogen and oxygen atoms in total. The second-order valence-corrected chi connectivity index (χ2v) is 4.11. The van der Waals surface area contributed by atoms with Crippen LogP contribution in [-0.4, -0.2) is 16.6 Å². The summed E-state index contributed by atoms with van der Waals surface area (Å²) in [5.41, 5.74) is -0.415. The maximum atomic E-state index is 12.5. The molecule has 1 heterocycles. The molecule has 15 heavy (non-hydrogen) atoms. The van der Waals surface area contributed by atoms with Crippen molar-refractivity contribution in [2.45, 2.75) is 6.18 Å². The minimum Gasteiger partial charge on any atom is -0.174 e. The minimum absolute atomic E-state index is 0.0192. The third kappa shape index (κ3) is 1.76. The smallest absolute Gasteiger partial charge is 0.174 e. The molecule has 0 fully saturated rings. The van der Waals surface area contributed by atoms with Crippen molar-refractivity contribution in [3.05, 3.63) is 16.1 Å². The monoisotopic (exact) mass is 292 g/mol. The van der Waals surface area contributed by atoms with Crippen molar-refractivity contribution >= 4 is 52.0 Å². The van der Waals surface area contributed by atoms with Crippen LogP contribution in [0.2, 0.25) is 0 Å². The summed E-state index contributed by atoms with van der Waals surface area (Å²) in [4.78, 5) is 0. The van der Waals surface area contributed by atoms with Crippen molar-refractivity contribution in [1.29, 1.82) is 0 Å². The summed E-state index contributed by atoms with van der Waals surface area (Å²) in [6.45, 7) is 0. The molecule has 0 saturated heterocycles.